The van der Waals surface area contributed by atoms with Crippen molar-refractivity contribution in [3.63, 3.8) is 0 Å². The van der Waals surface area contributed by atoms with Crippen LogP contribution in [0.25, 0.3) is 0 Å². The van der Waals surface area contributed by atoms with Gasteiger partial charge in [-0.3, -0.25) is 9.48 Å². The van der Waals surface area contributed by atoms with Crippen molar-refractivity contribution in [2.45, 2.75) is 92.9 Å². The second kappa shape index (κ2) is 8.45. The Labute approximate surface area is 214 Å². The van der Waals surface area contributed by atoms with Gasteiger partial charge in [0.25, 0.3) is 0 Å². The molecule has 2 N–H and O–H groups in total. The van der Waals surface area contributed by atoms with Gasteiger partial charge in [-0.15, -0.1) is 0 Å². The number of carbonyl (C=O) groups is 3. The van der Waals surface area contributed by atoms with Gasteiger partial charge in [0, 0.05) is 34.7 Å². The van der Waals surface area contributed by atoms with E-state index in [9.17, 15) is 19.5 Å². The van der Waals surface area contributed by atoms with E-state index in [4.69, 9.17) is 9.84 Å². The number of carbonyl (C=O) groups excluding carboxylic acids is 2. The first kappa shape index (κ1) is 27.9. The van der Waals surface area contributed by atoms with Crippen molar-refractivity contribution < 1.29 is 29.3 Å². The van der Waals surface area contributed by atoms with Gasteiger partial charge >= 0.3 is 11.9 Å². The first-order chi connectivity index (χ1) is 16.1. The lowest BCUT2D eigenvalue weighted by atomic mass is 9.70. The van der Waals surface area contributed by atoms with Gasteiger partial charge in [-0.1, -0.05) is 49.0 Å². The summed E-state index contributed by atoms with van der Waals surface area (Å²) in [5.41, 5.74) is 2.61. The highest BCUT2D eigenvalue weighted by Gasteiger charge is 2.65. The van der Waals surface area contributed by atoms with Gasteiger partial charge in [0.15, 0.2) is 11.5 Å². The molecule has 200 valence electrons. The number of aryl methyl sites for hydroxylation is 1. The Hall–Kier alpha value is -2.64. The topological polar surface area (TPSA) is 119 Å². The number of allylic oxidation sites excluding steroid dienone is 1. The van der Waals surface area contributed by atoms with Gasteiger partial charge in [-0.25, -0.2) is 9.59 Å². The normalized spacial score (nSPS) is 33.4. The molecule has 4 aliphatic carbocycles. The Bertz CT molecular complexity index is 1160. The maximum atomic E-state index is 12.2. The zero-order chi connectivity index (χ0) is 26.3. The molecular weight excluding hydrogens is 460 g/mol. The largest absolute Gasteiger partial charge is 0.502 e. The minimum absolute atomic E-state index is 0. The standard InChI is InChI=1S/C15H22N2O2.C12H16O4.CH4/c1-6-19-13(18)11-10-9-7-8-15(4,14(9,2)3)12(10)17(5)16-11;1-11(2)6-4-5-12(11,3)9(14)7(6)8(13)10(15)16;/h9H,6-8H2,1-5H3;6,13H,4-5H2,1-3H3,(H,15,16);1H4/b;8-7-;. The SMILES string of the molecule is C.CC12CCC(/C(=C(/O)C(=O)O)C1=O)C2(C)C.CCOC(=O)c1nn(C)c2c1C1CCC2(C)C1(C)C. The minimum Gasteiger partial charge on any atom is -0.502 e. The number of rotatable bonds is 3. The van der Waals surface area contributed by atoms with Crippen molar-refractivity contribution in [2.75, 3.05) is 6.61 Å². The number of hydrogen-bond donors (Lipinski definition) is 2. The number of aliphatic hydroxyl groups excluding tert-OH is 1. The monoisotopic (exact) mass is 502 g/mol. The lowest BCUT2D eigenvalue weighted by molar-refractivity contribution is -0.136. The maximum absolute atomic E-state index is 12.2. The second-order valence-electron chi connectivity index (χ2n) is 12.1. The van der Waals surface area contributed by atoms with E-state index in [0.717, 1.165) is 24.8 Å². The van der Waals surface area contributed by atoms with Crippen LogP contribution in [0.5, 0.6) is 0 Å². The molecule has 1 heterocycles. The van der Waals surface area contributed by atoms with E-state index in [-0.39, 0.29) is 46.9 Å². The molecule has 1 aromatic rings. The Morgan fingerprint density at radius 2 is 1.53 bits per heavy atom. The highest BCUT2D eigenvalue weighted by Crippen LogP contribution is 2.68. The maximum Gasteiger partial charge on any atom is 0.371 e. The Morgan fingerprint density at radius 3 is 2.03 bits per heavy atom. The number of fused-ring (bicyclic) bond motifs is 7. The zero-order valence-electron chi connectivity index (χ0n) is 22.1. The number of nitrogens with zero attached hydrogens (tertiary/aromatic N) is 2. The van der Waals surface area contributed by atoms with Crippen LogP contribution in [0.1, 0.15) is 109 Å². The van der Waals surface area contributed by atoms with Crippen LogP contribution < -0.4 is 0 Å². The smallest absolute Gasteiger partial charge is 0.371 e. The van der Waals surface area contributed by atoms with Crippen molar-refractivity contribution in [3.8, 4) is 0 Å². The molecule has 0 amide bonds. The number of hydrogen-bond acceptors (Lipinski definition) is 6. The Morgan fingerprint density at radius 1 is 1.00 bits per heavy atom. The van der Waals surface area contributed by atoms with Crippen LogP contribution in [0, 0.1) is 22.2 Å². The molecule has 4 unspecified atom stereocenters. The number of aromatic nitrogens is 2. The molecule has 3 saturated carbocycles. The molecule has 0 radical (unpaired) electrons. The molecule has 4 aliphatic rings. The van der Waals surface area contributed by atoms with E-state index in [0.29, 0.717) is 18.2 Å². The number of carboxylic acid groups (broad SMARTS) is 1. The Balaban J connectivity index is 0.000000198. The van der Waals surface area contributed by atoms with Crippen molar-refractivity contribution in [3.05, 3.63) is 28.3 Å². The van der Waals surface area contributed by atoms with Gasteiger partial charge in [-0.2, -0.15) is 5.10 Å². The van der Waals surface area contributed by atoms with Crippen molar-refractivity contribution in [1.82, 2.24) is 9.78 Å². The van der Waals surface area contributed by atoms with Crippen LogP contribution in [0.3, 0.4) is 0 Å². The van der Waals surface area contributed by atoms with Crippen molar-refractivity contribution in [1.29, 1.82) is 0 Å². The fourth-order valence-electron chi connectivity index (χ4n) is 7.56. The van der Waals surface area contributed by atoms with Gasteiger partial charge in [0.2, 0.25) is 5.76 Å². The summed E-state index contributed by atoms with van der Waals surface area (Å²) >= 11 is 0. The summed E-state index contributed by atoms with van der Waals surface area (Å²) in [4.78, 5) is 35.0. The van der Waals surface area contributed by atoms with Crippen molar-refractivity contribution in [2.24, 2.45) is 29.2 Å². The van der Waals surface area contributed by atoms with Crippen LogP contribution in [-0.4, -0.2) is 44.3 Å². The average Bonchev–Trinajstić information content (AvgIpc) is 3.40. The molecule has 4 atom stereocenters. The summed E-state index contributed by atoms with van der Waals surface area (Å²) < 4.78 is 7.07. The van der Waals surface area contributed by atoms with E-state index < -0.39 is 17.1 Å². The summed E-state index contributed by atoms with van der Waals surface area (Å²) in [5, 5.41) is 22.8. The quantitative estimate of drug-likeness (QED) is 0.326. The highest BCUT2D eigenvalue weighted by molar-refractivity contribution is 6.09. The third-order valence-corrected chi connectivity index (χ3v) is 10.4. The van der Waals surface area contributed by atoms with Crippen molar-refractivity contribution >= 4 is 17.7 Å². The highest BCUT2D eigenvalue weighted by atomic mass is 16.5. The molecule has 5 rings (SSSR count). The molecule has 8 nitrogen and oxygen atoms in total. The molecule has 36 heavy (non-hydrogen) atoms. The molecule has 0 saturated heterocycles. The zero-order valence-corrected chi connectivity index (χ0v) is 22.1. The summed E-state index contributed by atoms with van der Waals surface area (Å²) in [6.07, 6.45) is 3.88. The fraction of sp³-hybridized carbons (Fsp3) is 0.714. The van der Waals surface area contributed by atoms with Crippen LogP contribution in [0.2, 0.25) is 0 Å². The molecule has 3 fully saturated rings. The Kier molecular flexibility index (Phi) is 6.56. The third-order valence-electron chi connectivity index (χ3n) is 10.4. The summed E-state index contributed by atoms with van der Waals surface area (Å²) in [6, 6.07) is 0. The summed E-state index contributed by atoms with van der Waals surface area (Å²) in [5.74, 6) is -2.32. The predicted molar refractivity (Wildman–Crippen MR) is 136 cm³/mol. The number of ether oxygens (including phenoxy) is 1. The molecule has 0 aliphatic heterocycles. The first-order valence-electron chi connectivity index (χ1n) is 12.5. The van der Waals surface area contributed by atoms with Gasteiger partial charge in [0.1, 0.15) is 0 Å². The number of carboxylic acids is 1. The lowest BCUT2D eigenvalue weighted by Crippen LogP contribution is -2.33. The van der Waals surface area contributed by atoms with Crippen LogP contribution in [0.15, 0.2) is 11.3 Å². The number of esters is 1. The average molecular weight is 503 g/mol. The van der Waals surface area contributed by atoms with Gasteiger partial charge < -0.3 is 14.9 Å². The molecule has 4 bridgehead atoms. The second-order valence-corrected chi connectivity index (χ2v) is 12.1. The van der Waals surface area contributed by atoms with E-state index >= 15 is 0 Å². The minimum atomic E-state index is -1.41. The van der Waals surface area contributed by atoms with Crippen LogP contribution in [-0.2, 0) is 26.8 Å². The lowest BCUT2D eigenvalue weighted by Gasteiger charge is -2.35. The van der Waals surface area contributed by atoms with Gasteiger partial charge in [-0.05, 0) is 55.3 Å². The number of ketones is 1. The molecule has 0 aromatic carbocycles. The fourth-order valence-corrected chi connectivity index (χ4v) is 7.56. The van der Waals surface area contributed by atoms with Crippen LogP contribution >= 0.6 is 0 Å². The number of aliphatic carboxylic acids is 1. The summed E-state index contributed by atoms with van der Waals surface area (Å²) in [6.45, 7) is 15.0. The number of Topliss-reactive ketones (excluding diaryl/α,β-unsaturated/α-hetero) is 1. The summed E-state index contributed by atoms with van der Waals surface area (Å²) in [7, 11) is 1.95. The van der Waals surface area contributed by atoms with Crippen LogP contribution in [0.4, 0.5) is 0 Å². The molecule has 0 spiro atoms. The predicted octanol–water partition coefficient (Wildman–Crippen LogP) is 5.32. The first-order valence-corrected chi connectivity index (χ1v) is 12.5. The molecule has 1 aromatic heterocycles. The molecule has 8 heteroatoms. The number of aliphatic hydroxyl groups is 1. The molecular formula is C28H42N2O6. The third kappa shape index (κ3) is 3.25. The van der Waals surface area contributed by atoms with Gasteiger partial charge in [0.05, 0.1) is 6.61 Å². The van der Waals surface area contributed by atoms with E-state index in [2.05, 4.69) is 25.9 Å². The van der Waals surface area contributed by atoms with E-state index in [1.54, 1.807) is 0 Å². The van der Waals surface area contributed by atoms with E-state index in [1.807, 2.05) is 39.4 Å². The van der Waals surface area contributed by atoms with E-state index in [1.165, 1.54) is 12.1 Å².